The molecule has 3 atom stereocenters. The van der Waals surface area contributed by atoms with E-state index in [1.165, 1.54) is 5.56 Å². The van der Waals surface area contributed by atoms with Crippen molar-refractivity contribution in [3.63, 3.8) is 0 Å². The number of anilines is 1. The average Bonchev–Trinajstić information content (AvgIpc) is 3.20. The Morgan fingerprint density at radius 3 is 1.33 bits per heavy atom. The molecular weight excluding hydrogens is 643 g/mol. The average molecular weight is 692 g/mol. The molecule has 0 amide bonds. The molecule has 6 aromatic rings. The number of benzene rings is 6. The largest absolute Gasteiger partial charge is 0.508 e. The highest BCUT2D eigenvalue weighted by Crippen LogP contribution is 2.45. The fourth-order valence-electron chi connectivity index (χ4n) is 6.87. The molecule has 3 unspecified atom stereocenters. The number of phenolic OH excluding ortho intramolecular Hbond substituents is 1. The first-order valence-electron chi connectivity index (χ1n) is 18.0. The number of rotatable bonds is 15. The number of phenols is 1. The van der Waals surface area contributed by atoms with E-state index in [9.17, 15) is 10.2 Å². The smallest absolute Gasteiger partial charge is 0.143 e. The van der Waals surface area contributed by atoms with Gasteiger partial charge in [0.05, 0.1) is 19.8 Å². The Hall–Kier alpha value is -5.20. The van der Waals surface area contributed by atoms with Crippen LogP contribution in [0, 0.1) is 12.3 Å². The molecule has 0 aliphatic rings. The van der Waals surface area contributed by atoms with Crippen LogP contribution in [0.25, 0.3) is 0 Å². The Bertz CT molecular complexity index is 1900. The van der Waals surface area contributed by atoms with Gasteiger partial charge in [-0.05, 0) is 76.6 Å². The van der Waals surface area contributed by atoms with Crippen LogP contribution in [0.5, 0.6) is 5.75 Å². The second-order valence-electron chi connectivity index (χ2n) is 13.9. The van der Waals surface area contributed by atoms with Gasteiger partial charge in [0.25, 0.3) is 0 Å². The van der Waals surface area contributed by atoms with Crippen molar-refractivity contribution in [1.29, 1.82) is 0 Å². The summed E-state index contributed by atoms with van der Waals surface area (Å²) in [6, 6.07) is 53.0. The molecular formula is C47H49NO4. The number of hydrogen-bond acceptors (Lipinski definition) is 5. The van der Waals surface area contributed by atoms with Crippen LogP contribution in [0.15, 0.2) is 158 Å². The van der Waals surface area contributed by atoms with Crippen molar-refractivity contribution >= 4 is 5.69 Å². The van der Waals surface area contributed by atoms with Crippen LogP contribution in [-0.4, -0.2) is 37.1 Å². The number of ether oxygens (including phenoxy) is 2. The third-order valence-corrected chi connectivity index (χ3v) is 10.1. The minimum Gasteiger partial charge on any atom is -0.508 e. The van der Waals surface area contributed by atoms with E-state index in [4.69, 9.17) is 9.47 Å². The van der Waals surface area contributed by atoms with Crippen LogP contribution in [0.2, 0.25) is 0 Å². The molecule has 6 rings (SSSR count). The SMILES string of the molecule is CCc1ccc(C(OCC(C)(CO)COC(c2ccccc2)(c2ccc(C)cc2)c2ccc(O)cc2)(c2ccccc2)c2ccc(NC)cc2)cc1. The van der Waals surface area contributed by atoms with Gasteiger partial charge in [-0.25, -0.2) is 0 Å². The summed E-state index contributed by atoms with van der Waals surface area (Å²) in [4.78, 5) is 0. The molecule has 5 nitrogen and oxygen atoms in total. The van der Waals surface area contributed by atoms with Gasteiger partial charge >= 0.3 is 0 Å². The molecule has 0 aliphatic carbocycles. The minimum absolute atomic E-state index is 0.158. The van der Waals surface area contributed by atoms with Gasteiger partial charge in [-0.2, -0.15) is 0 Å². The van der Waals surface area contributed by atoms with Gasteiger partial charge in [0, 0.05) is 18.2 Å². The molecule has 0 aliphatic heterocycles. The first-order chi connectivity index (χ1) is 25.3. The van der Waals surface area contributed by atoms with E-state index >= 15 is 0 Å². The Morgan fingerprint density at radius 1 is 0.538 bits per heavy atom. The highest BCUT2D eigenvalue weighted by Gasteiger charge is 2.43. The summed E-state index contributed by atoms with van der Waals surface area (Å²) in [5.74, 6) is 0.176. The van der Waals surface area contributed by atoms with Crippen LogP contribution >= 0.6 is 0 Å². The summed E-state index contributed by atoms with van der Waals surface area (Å²) >= 11 is 0. The lowest BCUT2D eigenvalue weighted by Crippen LogP contribution is -2.43. The summed E-state index contributed by atoms with van der Waals surface area (Å²) in [6.07, 6.45) is 0.932. The number of aliphatic hydroxyl groups excluding tert-OH is 1. The maximum Gasteiger partial charge on any atom is 0.143 e. The molecule has 6 aromatic carbocycles. The first kappa shape index (κ1) is 36.6. The lowest BCUT2D eigenvalue weighted by molar-refractivity contribution is -0.107. The molecule has 0 saturated carbocycles. The van der Waals surface area contributed by atoms with Crippen molar-refractivity contribution in [1.82, 2.24) is 0 Å². The second kappa shape index (κ2) is 16.0. The van der Waals surface area contributed by atoms with Gasteiger partial charge in [-0.15, -0.1) is 0 Å². The number of nitrogens with one attached hydrogen (secondary N) is 1. The van der Waals surface area contributed by atoms with Crippen LogP contribution in [-0.2, 0) is 27.1 Å². The molecule has 5 heteroatoms. The van der Waals surface area contributed by atoms with E-state index in [-0.39, 0.29) is 25.6 Å². The summed E-state index contributed by atoms with van der Waals surface area (Å²) < 4.78 is 14.5. The maximum absolute atomic E-state index is 11.2. The predicted octanol–water partition coefficient (Wildman–Crippen LogP) is 9.62. The van der Waals surface area contributed by atoms with Crippen LogP contribution in [0.1, 0.15) is 58.4 Å². The molecule has 0 heterocycles. The summed E-state index contributed by atoms with van der Waals surface area (Å²) in [5.41, 5.74) is 6.21. The third-order valence-electron chi connectivity index (χ3n) is 10.1. The van der Waals surface area contributed by atoms with E-state index in [0.717, 1.165) is 51.1 Å². The number of aryl methyl sites for hydroxylation is 2. The van der Waals surface area contributed by atoms with Crippen molar-refractivity contribution in [2.75, 3.05) is 32.2 Å². The van der Waals surface area contributed by atoms with Crippen LogP contribution in [0.3, 0.4) is 0 Å². The molecule has 0 spiro atoms. The molecule has 0 fully saturated rings. The maximum atomic E-state index is 11.2. The lowest BCUT2D eigenvalue weighted by atomic mass is 9.78. The molecule has 0 aromatic heterocycles. The molecule has 266 valence electrons. The summed E-state index contributed by atoms with van der Waals surface area (Å²) in [6.45, 7) is 6.38. The Morgan fingerprint density at radius 2 is 0.923 bits per heavy atom. The van der Waals surface area contributed by atoms with Gasteiger partial charge in [0.1, 0.15) is 17.0 Å². The zero-order valence-electron chi connectivity index (χ0n) is 30.6. The molecule has 0 saturated heterocycles. The molecule has 0 bridgehead atoms. The fourth-order valence-corrected chi connectivity index (χ4v) is 6.87. The van der Waals surface area contributed by atoms with Gasteiger partial charge in [0.15, 0.2) is 0 Å². The van der Waals surface area contributed by atoms with E-state index in [1.54, 1.807) is 12.1 Å². The third kappa shape index (κ3) is 7.40. The summed E-state index contributed by atoms with van der Waals surface area (Å²) in [5, 5.41) is 24.7. The molecule has 52 heavy (non-hydrogen) atoms. The van der Waals surface area contributed by atoms with Gasteiger partial charge in [-0.3, -0.25) is 0 Å². The van der Waals surface area contributed by atoms with Crippen LogP contribution < -0.4 is 5.32 Å². The van der Waals surface area contributed by atoms with E-state index in [0.29, 0.717) is 0 Å². The van der Waals surface area contributed by atoms with Crippen molar-refractivity contribution in [2.45, 2.75) is 38.4 Å². The standard InChI is InChI=1S/C47H49NO4/c1-5-36-18-22-40(23-19-36)47(38-14-10-7-11-15-38,41-24-28-43(48-4)29-25-41)52-34-45(3,32-49)33-51-46(37-12-8-6-9-13-37,39-20-16-35(2)17-21-39)42-26-30-44(50)31-27-42/h6-31,48-50H,5,32-34H2,1-4H3. The van der Waals surface area contributed by atoms with Gasteiger partial charge in [0.2, 0.25) is 0 Å². The zero-order chi connectivity index (χ0) is 36.6. The Kier molecular flexibility index (Phi) is 11.3. The van der Waals surface area contributed by atoms with Crippen molar-refractivity contribution in [3.8, 4) is 5.75 Å². The Balaban J connectivity index is 1.45. The van der Waals surface area contributed by atoms with E-state index < -0.39 is 16.6 Å². The number of aromatic hydroxyl groups is 1. The second-order valence-corrected chi connectivity index (χ2v) is 13.9. The van der Waals surface area contributed by atoms with E-state index in [1.807, 2.05) is 62.5 Å². The van der Waals surface area contributed by atoms with Gasteiger partial charge < -0.3 is 25.0 Å². The monoisotopic (exact) mass is 691 g/mol. The highest BCUT2D eigenvalue weighted by atomic mass is 16.5. The number of hydrogen-bond donors (Lipinski definition) is 3. The highest BCUT2D eigenvalue weighted by molar-refractivity contribution is 5.53. The van der Waals surface area contributed by atoms with Crippen molar-refractivity contribution < 1.29 is 19.7 Å². The normalized spacial score (nSPS) is 14.9. The molecule has 0 radical (unpaired) electrons. The summed E-state index contributed by atoms with van der Waals surface area (Å²) in [7, 11) is 1.91. The van der Waals surface area contributed by atoms with Crippen LogP contribution in [0.4, 0.5) is 5.69 Å². The Labute approximate surface area is 308 Å². The van der Waals surface area contributed by atoms with Gasteiger partial charge in [-0.1, -0.05) is 153 Å². The number of aliphatic hydroxyl groups is 1. The predicted molar refractivity (Wildman–Crippen MR) is 211 cm³/mol. The van der Waals surface area contributed by atoms with E-state index in [2.05, 4.69) is 116 Å². The quantitative estimate of drug-likeness (QED) is 0.0936. The fraction of sp³-hybridized carbons (Fsp3) is 0.234. The molecule has 3 N–H and O–H groups in total. The first-order valence-corrected chi connectivity index (χ1v) is 18.0. The van der Waals surface area contributed by atoms with Crippen molar-refractivity contribution in [2.24, 2.45) is 5.41 Å². The lowest BCUT2D eigenvalue weighted by Gasteiger charge is -2.42. The topological polar surface area (TPSA) is 71.0 Å². The van der Waals surface area contributed by atoms with Crippen molar-refractivity contribution in [3.05, 3.63) is 202 Å². The zero-order valence-corrected chi connectivity index (χ0v) is 30.6. The minimum atomic E-state index is -1.05.